The molecule has 0 aliphatic rings. The maximum Gasteiger partial charge on any atom is 0.102 e. The average Bonchev–Trinajstić information content (AvgIpc) is 2.66. The first-order chi connectivity index (χ1) is 13.4. The van der Waals surface area contributed by atoms with Crippen LogP contribution in [0.3, 0.4) is 0 Å². The van der Waals surface area contributed by atoms with Gasteiger partial charge in [0.15, 0.2) is 0 Å². The summed E-state index contributed by atoms with van der Waals surface area (Å²) in [5, 5.41) is 10.0. The number of ether oxygens (including phenoxy) is 6. The number of likely N-dealkylation sites (N-methyl/N-ethyl adjacent to an activating group) is 1. The first-order valence-corrected chi connectivity index (χ1v) is 9.70. The van der Waals surface area contributed by atoms with Crippen molar-refractivity contribution in [2.45, 2.75) is 13.3 Å². The van der Waals surface area contributed by atoms with Gasteiger partial charge in [-0.1, -0.05) is 0 Å². The van der Waals surface area contributed by atoms with Gasteiger partial charge in [0.1, 0.15) is 6.54 Å². The van der Waals surface area contributed by atoms with Crippen molar-refractivity contribution in [1.82, 2.24) is 0 Å². The normalized spacial score (nSPS) is 11.2. The summed E-state index contributed by atoms with van der Waals surface area (Å²) >= 11 is 0. The minimum absolute atomic E-state index is 0.0832. The summed E-state index contributed by atoms with van der Waals surface area (Å²) < 4.78 is 31.4. The Kier molecular flexibility index (Phi) is 23.6. The molecule has 0 amide bonds. The molecule has 9 nitrogen and oxygen atoms in total. The van der Waals surface area contributed by atoms with Gasteiger partial charge in [0.2, 0.25) is 0 Å². The monoisotopic (exact) mass is 411 g/mol. The van der Waals surface area contributed by atoms with Crippen molar-refractivity contribution < 1.29 is 42.8 Å². The Balaban J connectivity index is 0. The Bertz CT molecular complexity index is 329. The predicted molar refractivity (Wildman–Crippen MR) is 104 cm³/mol. The van der Waals surface area contributed by atoms with E-state index in [0.717, 1.165) is 24.2 Å². The summed E-state index contributed by atoms with van der Waals surface area (Å²) in [7, 11) is 7.72. The molecule has 0 aromatic heterocycles. The number of carbonyl (C=O) groups is 1. The fraction of sp³-hybridized carbons (Fsp3) is 0.947. The van der Waals surface area contributed by atoms with Crippen LogP contribution in [-0.4, -0.2) is 118 Å². The topological polar surface area (TPSA) is 95.5 Å². The van der Waals surface area contributed by atoms with Gasteiger partial charge in [-0.25, -0.2) is 0 Å². The first-order valence-electron chi connectivity index (χ1n) is 9.70. The van der Waals surface area contributed by atoms with Crippen LogP contribution in [-0.2, 0) is 33.2 Å². The molecular weight excluding hydrogens is 370 g/mol. The quantitative estimate of drug-likeness (QED) is 0.209. The summed E-state index contributed by atoms with van der Waals surface area (Å²) in [4.78, 5) is 10.0. The van der Waals surface area contributed by atoms with Crippen LogP contribution in [0.15, 0.2) is 0 Å². The fourth-order valence-electron chi connectivity index (χ4n) is 1.55. The number of hydrogen-bond donors (Lipinski definition) is 0. The predicted octanol–water partition coefficient (Wildman–Crippen LogP) is -0.432. The van der Waals surface area contributed by atoms with Crippen molar-refractivity contribution in [2.24, 2.45) is 0 Å². The van der Waals surface area contributed by atoms with E-state index < -0.39 is 5.97 Å². The maximum atomic E-state index is 10.0. The van der Waals surface area contributed by atoms with E-state index in [4.69, 9.17) is 28.4 Å². The van der Waals surface area contributed by atoms with Gasteiger partial charge in [-0.2, -0.15) is 0 Å². The van der Waals surface area contributed by atoms with Crippen LogP contribution >= 0.6 is 0 Å². The summed E-state index contributed by atoms with van der Waals surface area (Å²) in [6, 6.07) is 0. The van der Waals surface area contributed by atoms with E-state index in [1.54, 1.807) is 14.2 Å². The lowest BCUT2D eigenvalue weighted by molar-refractivity contribution is -0.888. The standard InChI is InChI=1S/C10H20O6.C9H22NO2/c1-13-4-5-15-8-9-16-7-6-14-3-2-10(11)12;1-5-10(2,3)6-7-12-9-8-11-4/h2-9H2,1H3,(H,11,12);5-9H2,1-4H3/q;+1/p-1. The van der Waals surface area contributed by atoms with E-state index in [9.17, 15) is 9.90 Å². The highest BCUT2D eigenvalue weighted by atomic mass is 16.6. The summed E-state index contributed by atoms with van der Waals surface area (Å²) in [5.41, 5.74) is 0. The van der Waals surface area contributed by atoms with Gasteiger partial charge < -0.3 is 42.8 Å². The molecule has 170 valence electrons. The second-order valence-electron chi connectivity index (χ2n) is 6.53. The average molecular weight is 412 g/mol. The van der Waals surface area contributed by atoms with Gasteiger partial charge in [0.25, 0.3) is 0 Å². The molecule has 0 aromatic carbocycles. The third-order valence-corrected chi connectivity index (χ3v) is 3.76. The molecule has 28 heavy (non-hydrogen) atoms. The first kappa shape index (κ1) is 29.4. The smallest absolute Gasteiger partial charge is 0.102 e. The van der Waals surface area contributed by atoms with Crippen molar-refractivity contribution in [3.05, 3.63) is 0 Å². The van der Waals surface area contributed by atoms with Crippen molar-refractivity contribution in [3.8, 4) is 0 Å². The van der Waals surface area contributed by atoms with Crippen LogP contribution in [0.4, 0.5) is 0 Å². The summed E-state index contributed by atoms with van der Waals surface area (Å²) in [6.45, 7) is 9.75. The van der Waals surface area contributed by atoms with Crippen molar-refractivity contribution in [2.75, 3.05) is 107 Å². The molecule has 0 atom stereocenters. The van der Waals surface area contributed by atoms with Gasteiger partial charge in [0, 0.05) is 26.6 Å². The molecule has 0 aliphatic heterocycles. The highest BCUT2D eigenvalue weighted by molar-refractivity contribution is 5.64. The van der Waals surface area contributed by atoms with E-state index in [1.807, 2.05) is 0 Å². The van der Waals surface area contributed by atoms with Crippen LogP contribution in [0.25, 0.3) is 0 Å². The van der Waals surface area contributed by atoms with Gasteiger partial charge in [0.05, 0.1) is 86.7 Å². The molecule has 0 radical (unpaired) electrons. The molecule has 0 bridgehead atoms. The van der Waals surface area contributed by atoms with Gasteiger partial charge in [-0.05, 0) is 6.92 Å². The second-order valence-corrected chi connectivity index (χ2v) is 6.53. The Morgan fingerprint density at radius 3 is 1.50 bits per heavy atom. The number of rotatable bonds is 19. The lowest BCUT2D eigenvalue weighted by atomic mass is 10.4. The summed E-state index contributed by atoms with van der Waals surface area (Å²) in [5.74, 6) is -1.10. The van der Waals surface area contributed by atoms with Crippen LogP contribution in [0.5, 0.6) is 0 Å². The minimum atomic E-state index is -1.10. The third-order valence-electron chi connectivity index (χ3n) is 3.76. The SMILES string of the molecule is CC[N+](C)(C)CCOCCOC.COCCOCCOCCOCCC(=O)[O-]. The maximum absolute atomic E-state index is 10.0. The number of nitrogens with zero attached hydrogens (tertiary/aromatic N) is 1. The molecule has 0 aliphatic carbocycles. The Morgan fingerprint density at radius 2 is 1.11 bits per heavy atom. The molecule has 0 rings (SSSR count). The largest absolute Gasteiger partial charge is 0.550 e. The summed E-state index contributed by atoms with van der Waals surface area (Å²) in [6.07, 6.45) is -0.0832. The lowest BCUT2D eigenvalue weighted by Crippen LogP contribution is -2.42. The minimum Gasteiger partial charge on any atom is -0.550 e. The number of hydrogen-bond acceptors (Lipinski definition) is 8. The van der Waals surface area contributed by atoms with Gasteiger partial charge in [-0.15, -0.1) is 0 Å². The number of aliphatic carboxylic acids is 1. The van der Waals surface area contributed by atoms with E-state index >= 15 is 0 Å². The zero-order valence-electron chi connectivity index (χ0n) is 18.4. The number of carboxylic acids is 1. The Hall–Kier alpha value is -0.810. The van der Waals surface area contributed by atoms with E-state index in [2.05, 4.69) is 21.0 Å². The molecule has 0 saturated carbocycles. The van der Waals surface area contributed by atoms with Gasteiger partial charge >= 0.3 is 0 Å². The highest BCUT2D eigenvalue weighted by Gasteiger charge is 2.10. The molecule has 0 spiro atoms. The molecule has 0 aromatic rings. The Labute approximate surface area is 170 Å². The highest BCUT2D eigenvalue weighted by Crippen LogP contribution is 1.94. The molecule has 0 unspecified atom stereocenters. The zero-order valence-corrected chi connectivity index (χ0v) is 18.4. The third kappa shape index (κ3) is 27.4. The Morgan fingerprint density at radius 1 is 0.714 bits per heavy atom. The van der Waals surface area contributed by atoms with Crippen molar-refractivity contribution in [1.29, 1.82) is 0 Å². The lowest BCUT2D eigenvalue weighted by Gasteiger charge is -2.27. The number of carbonyl (C=O) groups excluding carboxylic acids is 1. The zero-order chi connectivity index (χ0) is 21.5. The number of quaternary nitrogens is 1. The van der Waals surface area contributed by atoms with Crippen LogP contribution in [0.2, 0.25) is 0 Å². The van der Waals surface area contributed by atoms with Crippen LogP contribution in [0.1, 0.15) is 13.3 Å². The van der Waals surface area contributed by atoms with E-state index in [1.165, 1.54) is 0 Å². The van der Waals surface area contributed by atoms with Crippen LogP contribution < -0.4 is 5.11 Å². The van der Waals surface area contributed by atoms with Crippen molar-refractivity contribution in [3.63, 3.8) is 0 Å². The fourth-order valence-corrected chi connectivity index (χ4v) is 1.55. The molecule has 9 heteroatoms. The molecule has 0 saturated heterocycles. The molecule has 0 heterocycles. The molecule has 0 fully saturated rings. The van der Waals surface area contributed by atoms with Crippen molar-refractivity contribution >= 4 is 5.97 Å². The number of methoxy groups -OCH3 is 2. The molecular formula is C19H41NO8. The van der Waals surface area contributed by atoms with Gasteiger partial charge in [-0.3, -0.25) is 0 Å². The number of carboxylic acid groups (broad SMARTS) is 1. The second kappa shape index (κ2) is 22.5. The molecule has 0 N–H and O–H groups in total. The van der Waals surface area contributed by atoms with E-state index in [-0.39, 0.29) is 13.0 Å². The van der Waals surface area contributed by atoms with E-state index in [0.29, 0.717) is 52.9 Å². The van der Waals surface area contributed by atoms with Crippen LogP contribution in [0, 0.1) is 0 Å².